The zero-order valence-corrected chi connectivity index (χ0v) is 36.1. The number of rotatable bonds is 7. The number of fused-ring (bicyclic) bond motifs is 1. The van der Waals surface area contributed by atoms with Gasteiger partial charge in [-0.15, -0.1) is 0 Å². The van der Waals surface area contributed by atoms with Gasteiger partial charge in [0, 0.05) is 36.6 Å². The Morgan fingerprint density at radius 1 is 0.574 bits per heavy atom. The number of aromatic nitrogens is 3. The third-order valence-corrected chi connectivity index (χ3v) is 11.5. The molecule has 2 heterocycles. The molecule has 0 amide bonds. The zero-order valence-electron chi connectivity index (χ0n) is 46.1. The molecule has 0 unspecified atom stereocenters. The fourth-order valence-electron chi connectivity index (χ4n) is 7.96. The topological polar surface area (TPSA) is 50.9 Å². The molecule has 0 spiro atoms. The summed E-state index contributed by atoms with van der Waals surface area (Å²) in [4.78, 5) is 10.2. The molecule has 2 aromatic heterocycles. The van der Waals surface area contributed by atoms with Gasteiger partial charge in [-0.2, -0.15) is 0 Å². The van der Waals surface area contributed by atoms with E-state index in [1.54, 1.807) is 6.20 Å². The maximum absolute atomic E-state index is 12.5. The smallest absolute Gasteiger partial charge is 0.149 e. The fourth-order valence-corrected chi connectivity index (χ4v) is 7.96. The van der Waals surface area contributed by atoms with Crippen LogP contribution < -0.4 is 0 Å². The van der Waals surface area contributed by atoms with Crippen LogP contribution in [0.1, 0.15) is 118 Å². The average molecular weight is 812 g/mol. The molecule has 308 valence electrons. The Hall–Kier alpha value is -6.26. The summed E-state index contributed by atoms with van der Waals surface area (Å²) in [7, 11) is 0. The van der Waals surface area contributed by atoms with E-state index in [1.807, 2.05) is 109 Å². The quantitative estimate of drug-likeness (QED) is 0.174. The summed E-state index contributed by atoms with van der Waals surface area (Å²) in [5.74, 6) is -1.42. The van der Waals surface area contributed by atoms with E-state index in [0.29, 0.717) is 16.7 Å². The van der Waals surface area contributed by atoms with Crippen LogP contribution in [0.2, 0.25) is 0 Å². The summed E-state index contributed by atoms with van der Waals surface area (Å²) in [6.07, 6.45) is 1.79. The first kappa shape index (κ1) is 30.7. The number of imidazole rings is 1. The van der Waals surface area contributed by atoms with E-state index < -0.39 is 43.2 Å². The lowest BCUT2D eigenvalue weighted by Gasteiger charge is -2.24. The Balaban J connectivity index is 1.44. The van der Waals surface area contributed by atoms with Crippen molar-refractivity contribution in [3.8, 4) is 67.5 Å². The summed E-state index contributed by atoms with van der Waals surface area (Å²) in [5.41, 5.74) is 6.71. The molecule has 4 nitrogen and oxygen atoms in total. The van der Waals surface area contributed by atoms with Crippen molar-refractivity contribution in [2.45, 2.75) is 98.1 Å². The minimum absolute atomic E-state index is 0.0600. The van der Waals surface area contributed by atoms with Crippen molar-refractivity contribution in [2.75, 3.05) is 0 Å². The molecule has 0 saturated heterocycles. The van der Waals surface area contributed by atoms with Gasteiger partial charge in [-0.25, -0.2) is 4.98 Å². The first-order valence-corrected chi connectivity index (χ1v) is 20.7. The second-order valence-corrected chi connectivity index (χ2v) is 18.3. The molecule has 0 bridgehead atoms. The van der Waals surface area contributed by atoms with E-state index in [9.17, 15) is 5.11 Å². The summed E-state index contributed by atoms with van der Waals surface area (Å²) in [6, 6.07) is 44.1. The molecule has 0 aliphatic carbocycles. The fraction of sp³-hybridized carbons (Fsp3) is 0.263. The zero-order chi connectivity index (χ0) is 51.9. The maximum Gasteiger partial charge on any atom is 0.149 e. The number of nitrogens with zero attached hydrogens (tertiary/aromatic N) is 3. The molecule has 1 N–H and O–H groups in total. The van der Waals surface area contributed by atoms with Crippen molar-refractivity contribution < 1.29 is 18.8 Å². The minimum atomic E-state index is -3.62. The van der Waals surface area contributed by atoms with Crippen molar-refractivity contribution in [1.29, 1.82) is 0 Å². The summed E-state index contributed by atoms with van der Waals surface area (Å²) in [5, 5.41) is 12.5. The summed E-state index contributed by atoms with van der Waals surface area (Å²) < 4.78 is 87.2. The van der Waals surface area contributed by atoms with E-state index in [1.165, 1.54) is 12.1 Å². The Bertz CT molecular complexity index is 3240. The van der Waals surface area contributed by atoms with Crippen molar-refractivity contribution in [2.24, 2.45) is 0 Å². The summed E-state index contributed by atoms with van der Waals surface area (Å²) in [6.45, 7) is 5.67. The lowest BCUT2D eigenvalue weighted by atomic mass is 9.83. The van der Waals surface area contributed by atoms with E-state index >= 15 is 0 Å². The molecule has 61 heavy (non-hydrogen) atoms. The molecule has 8 rings (SSSR count). The molecule has 0 radical (unpaired) electrons. The maximum atomic E-state index is 12.5. The van der Waals surface area contributed by atoms with Gasteiger partial charge in [0.1, 0.15) is 11.6 Å². The third kappa shape index (κ3) is 8.16. The first-order valence-electron chi connectivity index (χ1n) is 25.7. The van der Waals surface area contributed by atoms with Crippen molar-refractivity contribution in [3.05, 3.63) is 168 Å². The predicted octanol–water partition coefficient (Wildman–Crippen LogP) is 15.5. The van der Waals surface area contributed by atoms with Gasteiger partial charge in [0.15, 0.2) is 0 Å². The molecule has 0 atom stereocenters. The van der Waals surface area contributed by atoms with Crippen LogP contribution in [-0.2, 0) is 16.2 Å². The van der Waals surface area contributed by atoms with Gasteiger partial charge >= 0.3 is 0 Å². The van der Waals surface area contributed by atoms with Crippen LogP contribution in [-0.4, -0.2) is 19.6 Å². The van der Waals surface area contributed by atoms with E-state index in [-0.39, 0.29) is 22.2 Å². The Morgan fingerprint density at radius 3 is 1.95 bits per heavy atom. The van der Waals surface area contributed by atoms with Crippen LogP contribution in [0.5, 0.6) is 5.75 Å². The number of para-hydroxylation sites is 2. The number of aromatic hydroxyl groups is 1. The van der Waals surface area contributed by atoms with E-state index in [4.69, 9.17) is 23.7 Å². The number of phenols is 1. The predicted molar refractivity (Wildman–Crippen MR) is 258 cm³/mol. The highest BCUT2D eigenvalue weighted by atomic mass is 16.3. The highest BCUT2D eigenvalue weighted by Crippen LogP contribution is 2.44. The number of phenolic OH excluding ortho intramolecular Hbond substituents is 1. The van der Waals surface area contributed by atoms with Gasteiger partial charge in [-0.1, -0.05) is 167 Å². The molecule has 4 heteroatoms. The van der Waals surface area contributed by atoms with Crippen LogP contribution >= 0.6 is 0 Å². The highest BCUT2D eigenvalue weighted by molar-refractivity contribution is 5.98. The van der Waals surface area contributed by atoms with Gasteiger partial charge in [0.2, 0.25) is 0 Å². The monoisotopic (exact) mass is 812 g/mol. The molecular weight excluding hydrogens is 743 g/mol. The van der Waals surface area contributed by atoms with Crippen molar-refractivity contribution in [3.63, 3.8) is 0 Å². The Labute approximate surface area is 377 Å². The lowest BCUT2D eigenvalue weighted by molar-refractivity contribution is 0.448. The normalized spacial score (nSPS) is 15.6. The van der Waals surface area contributed by atoms with E-state index in [2.05, 4.69) is 71.9 Å². The van der Waals surface area contributed by atoms with Crippen LogP contribution in [0.15, 0.2) is 146 Å². The van der Waals surface area contributed by atoms with Gasteiger partial charge in [0.05, 0.1) is 28.0 Å². The Morgan fingerprint density at radius 2 is 1.26 bits per heavy atom. The largest absolute Gasteiger partial charge is 0.507 e. The molecule has 6 aromatic carbocycles. The molecule has 0 saturated carbocycles. The van der Waals surface area contributed by atoms with Crippen LogP contribution in [0.25, 0.3) is 72.7 Å². The standard InChI is InChI=1S/C57H59N3O/c1-36(2)37-23-25-38(26-24-37)40-29-30-58-49(34-40)42-31-41(32-44(33-42)56(6,7)8)45-19-16-22-51-52(45)59-54(46-20-15-21-48(53(46)61)57(9,10)11)60(51)50-28-27-43(55(3,4)5)35-47(50)39-17-13-12-14-18-39/h12-36,61H,1-11H3/i9D3,10D3,11D3,36D. The second-order valence-electron chi connectivity index (χ2n) is 18.3. The lowest BCUT2D eigenvalue weighted by Crippen LogP contribution is -2.12. The van der Waals surface area contributed by atoms with Crippen molar-refractivity contribution in [1.82, 2.24) is 14.5 Å². The van der Waals surface area contributed by atoms with Gasteiger partial charge in [0.25, 0.3) is 0 Å². The molecule has 0 aliphatic rings. The SMILES string of the molecule is [2H]C(C)(C)c1ccc(-c2ccnc(-c3cc(-c4cccc5c4nc(-c4cccc(C(C([2H])([2H])[2H])(C([2H])([2H])[2H])C([2H])([2H])[2H])c4O)n5-c4ccc(C(C)(C)C)cc4-c4ccccc4)cc(C(C)(C)C)c3)c2)cc1. The van der Waals surface area contributed by atoms with Gasteiger partial charge in [-0.3, -0.25) is 9.55 Å². The molecule has 0 aliphatic heterocycles. The minimum Gasteiger partial charge on any atom is -0.507 e. The average Bonchev–Trinajstić information content (AvgIpc) is 3.67. The number of hydrogen-bond acceptors (Lipinski definition) is 3. The van der Waals surface area contributed by atoms with Crippen LogP contribution in [0, 0.1) is 0 Å². The number of hydrogen-bond donors (Lipinski definition) is 1. The van der Waals surface area contributed by atoms with Crippen LogP contribution in [0.4, 0.5) is 0 Å². The second kappa shape index (κ2) is 15.6. The third-order valence-electron chi connectivity index (χ3n) is 11.5. The number of pyridine rings is 1. The number of benzene rings is 6. The molecule has 8 aromatic rings. The van der Waals surface area contributed by atoms with Crippen LogP contribution in [0.3, 0.4) is 0 Å². The van der Waals surface area contributed by atoms with E-state index in [0.717, 1.165) is 67.4 Å². The highest BCUT2D eigenvalue weighted by Gasteiger charge is 2.27. The molecule has 0 fully saturated rings. The van der Waals surface area contributed by atoms with Crippen molar-refractivity contribution >= 4 is 11.0 Å². The van der Waals surface area contributed by atoms with Gasteiger partial charge in [-0.05, 0) is 115 Å². The van der Waals surface area contributed by atoms with Gasteiger partial charge < -0.3 is 5.11 Å². The Kier molecular flexibility index (Phi) is 7.88. The first-order chi connectivity index (χ1) is 32.9. The summed E-state index contributed by atoms with van der Waals surface area (Å²) >= 11 is 0. The molecular formula is C57H59N3O.